The van der Waals surface area contributed by atoms with Crippen LogP contribution < -0.4 is 11.0 Å². The number of ether oxygens (including phenoxy) is 1. The van der Waals surface area contributed by atoms with Gasteiger partial charge in [-0.3, -0.25) is 9.36 Å². The molecular formula is C18H31N3O7PSi+. The minimum Gasteiger partial charge on any atom is -0.409 e. The Morgan fingerprint density at radius 3 is 2.57 bits per heavy atom. The Bertz CT molecular complexity index is 855. The maximum atomic E-state index is 12.7. The summed E-state index contributed by atoms with van der Waals surface area (Å²) in [6.45, 7) is 13.7. The zero-order valence-corrected chi connectivity index (χ0v) is 20.3. The van der Waals surface area contributed by atoms with Gasteiger partial charge in [-0.1, -0.05) is 27.7 Å². The number of aromatic nitrogens is 2. The molecule has 2 unspecified atom stereocenters. The summed E-state index contributed by atoms with van der Waals surface area (Å²) < 4.78 is 29.8. The minimum absolute atomic E-state index is 0.0707. The van der Waals surface area contributed by atoms with Crippen LogP contribution in [0.5, 0.6) is 0 Å². The number of nitrogens with zero attached hydrogens (tertiary/aromatic N) is 2. The fourth-order valence-electron chi connectivity index (χ4n) is 2.94. The van der Waals surface area contributed by atoms with Crippen LogP contribution in [0.4, 0.5) is 5.82 Å². The first-order valence-corrected chi connectivity index (χ1v) is 13.8. The van der Waals surface area contributed by atoms with Gasteiger partial charge in [0.1, 0.15) is 12.4 Å². The first-order valence-electron chi connectivity index (χ1n) is 9.72. The Kier molecular flexibility index (Phi) is 7.71. The number of hydrogen-bond donors (Lipinski definition) is 2. The van der Waals surface area contributed by atoms with Gasteiger partial charge in [0.05, 0.1) is 12.2 Å². The number of carbonyl (C=O) groups is 1. The molecule has 10 nitrogen and oxygen atoms in total. The third-order valence-corrected chi connectivity index (χ3v) is 10.5. The molecule has 30 heavy (non-hydrogen) atoms. The van der Waals surface area contributed by atoms with E-state index in [1.54, 1.807) is 0 Å². The van der Waals surface area contributed by atoms with Crippen LogP contribution >= 0.6 is 8.25 Å². The van der Waals surface area contributed by atoms with Crippen LogP contribution in [0.3, 0.4) is 0 Å². The van der Waals surface area contributed by atoms with Crippen LogP contribution in [-0.4, -0.2) is 47.5 Å². The zero-order chi connectivity index (χ0) is 22.9. The van der Waals surface area contributed by atoms with Crippen molar-refractivity contribution in [2.24, 2.45) is 5.92 Å². The molecule has 0 aliphatic carbocycles. The summed E-state index contributed by atoms with van der Waals surface area (Å²) in [6.07, 6.45) is -0.318. The van der Waals surface area contributed by atoms with Crippen molar-refractivity contribution in [1.82, 2.24) is 9.55 Å². The monoisotopic (exact) mass is 460 g/mol. The maximum absolute atomic E-state index is 12.7. The molecule has 2 N–H and O–H groups in total. The molecule has 2 rings (SSSR count). The van der Waals surface area contributed by atoms with Gasteiger partial charge in [0, 0.05) is 23.6 Å². The highest BCUT2D eigenvalue weighted by Gasteiger charge is 2.50. The summed E-state index contributed by atoms with van der Waals surface area (Å²) in [7, 11) is -5.00. The van der Waals surface area contributed by atoms with E-state index in [4.69, 9.17) is 18.6 Å². The second kappa shape index (κ2) is 9.33. The third kappa shape index (κ3) is 5.80. The number of nitrogens with one attached hydrogen (secondary N) is 1. The number of amides is 1. The predicted molar refractivity (Wildman–Crippen MR) is 114 cm³/mol. The summed E-state index contributed by atoms with van der Waals surface area (Å²) in [6, 6.07) is 1.51. The van der Waals surface area contributed by atoms with Crippen molar-refractivity contribution in [2.75, 3.05) is 11.9 Å². The van der Waals surface area contributed by atoms with Crippen molar-refractivity contribution in [3.8, 4) is 0 Å². The standard InChI is InChI=1S/C18H30N3O7PSi/c1-11-13(10-26-29(24)25)27-16(15(11)28-30(6,7)18(3,4)5)21-9-8-14(19-12(2)22)20-17(21)23/h8-9,11,13,15-16H,10H2,1-7H3,(H-,19,20,22,23,24,25)/p+1/t11?,13-,15+,16-/m1/s1. The lowest BCUT2D eigenvalue weighted by Crippen LogP contribution is -2.47. The SMILES string of the molecule is CC(=O)Nc1ccn([C@@H]2O[C@H](CO[P+](=O)O)C(C)[C@@H]2O[Si](C)(C)C(C)(C)C)c(=O)n1. The van der Waals surface area contributed by atoms with Gasteiger partial charge in [-0.25, -0.2) is 4.79 Å². The smallest absolute Gasteiger partial charge is 0.409 e. The van der Waals surface area contributed by atoms with Crippen LogP contribution in [0.1, 0.15) is 40.8 Å². The molecule has 5 atom stereocenters. The molecule has 1 aromatic heterocycles. The van der Waals surface area contributed by atoms with E-state index in [9.17, 15) is 14.2 Å². The Morgan fingerprint density at radius 1 is 1.43 bits per heavy atom. The van der Waals surface area contributed by atoms with Crippen molar-refractivity contribution in [3.63, 3.8) is 0 Å². The first kappa shape index (κ1) is 24.8. The predicted octanol–water partition coefficient (Wildman–Crippen LogP) is 2.79. The minimum atomic E-state index is -2.77. The fourth-order valence-corrected chi connectivity index (χ4v) is 4.58. The van der Waals surface area contributed by atoms with Crippen molar-refractivity contribution >= 4 is 28.3 Å². The molecule has 1 fully saturated rings. The van der Waals surface area contributed by atoms with Crippen molar-refractivity contribution in [3.05, 3.63) is 22.7 Å². The Hall–Kier alpha value is -1.49. The lowest BCUT2D eigenvalue weighted by atomic mass is 10.0. The molecule has 1 amide bonds. The second-order valence-electron chi connectivity index (χ2n) is 8.98. The van der Waals surface area contributed by atoms with Gasteiger partial charge in [-0.2, -0.15) is 4.98 Å². The molecule has 0 bridgehead atoms. The van der Waals surface area contributed by atoms with E-state index < -0.39 is 40.7 Å². The van der Waals surface area contributed by atoms with Gasteiger partial charge in [-0.05, 0) is 24.2 Å². The summed E-state index contributed by atoms with van der Waals surface area (Å²) in [5, 5.41) is 2.40. The molecule has 1 aliphatic heterocycles. The van der Waals surface area contributed by atoms with E-state index in [0.29, 0.717) is 0 Å². The van der Waals surface area contributed by atoms with E-state index in [1.165, 1.54) is 23.8 Å². The molecule has 168 valence electrons. The fraction of sp³-hybridized carbons (Fsp3) is 0.722. The average Bonchev–Trinajstić information content (AvgIpc) is 2.87. The van der Waals surface area contributed by atoms with Gasteiger partial charge in [0.15, 0.2) is 14.5 Å². The van der Waals surface area contributed by atoms with Gasteiger partial charge < -0.3 is 14.5 Å². The van der Waals surface area contributed by atoms with Crippen LogP contribution in [-0.2, 0) is 23.0 Å². The highest BCUT2D eigenvalue weighted by Crippen LogP contribution is 2.43. The number of hydrogen-bond acceptors (Lipinski definition) is 7. The highest BCUT2D eigenvalue weighted by molar-refractivity contribution is 7.32. The van der Waals surface area contributed by atoms with Crippen molar-refractivity contribution in [1.29, 1.82) is 0 Å². The van der Waals surface area contributed by atoms with E-state index >= 15 is 0 Å². The van der Waals surface area contributed by atoms with E-state index in [2.05, 4.69) is 44.2 Å². The normalized spacial score (nSPS) is 25.3. The van der Waals surface area contributed by atoms with Gasteiger partial charge in [0.25, 0.3) is 0 Å². The molecular weight excluding hydrogens is 429 g/mol. The van der Waals surface area contributed by atoms with Crippen LogP contribution in [0.2, 0.25) is 18.1 Å². The molecule has 1 aromatic rings. The largest absolute Gasteiger partial charge is 0.694 e. The molecule has 12 heteroatoms. The molecule has 0 saturated carbocycles. The summed E-state index contributed by atoms with van der Waals surface area (Å²) in [5.74, 6) is -0.394. The third-order valence-electron chi connectivity index (χ3n) is 5.69. The number of carbonyl (C=O) groups excluding carboxylic acids is 1. The van der Waals surface area contributed by atoms with Gasteiger partial charge in [0.2, 0.25) is 5.91 Å². The lowest BCUT2D eigenvalue weighted by molar-refractivity contribution is -0.114. The number of rotatable bonds is 7. The lowest BCUT2D eigenvalue weighted by Gasteiger charge is -2.40. The second-order valence-corrected chi connectivity index (χ2v) is 14.5. The van der Waals surface area contributed by atoms with E-state index in [1.807, 2.05) is 6.92 Å². The molecule has 1 aliphatic rings. The molecule has 0 aromatic carbocycles. The summed E-state index contributed by atoms with van der Waals surface area (Å²) >= 11 is 0. The van der Waals surface area contributed by atoms with Crippen LogP contribution in [0.15, 0.2) is 17.1 Å². The van der Waals surface area contributed by atoms with Gasteiger partial charge in [-0.15, -0.1) is 9.42 Å². The quantitative estimate of drug-likeness (QED) is 0.469. The molecule has 1 saturated heterocycles. The van der Waals surface area contributed by atoms with Crippen LogP contribution in [0, 0.1) is 5.92 Å². The number of anilines is 1. The van der Waals surface area contributed by atoms with E-state index in [0.717, 1.165) is 0 Å². The maximum Gasteiger partial charge on any atom is 0.694 e. The van der Waals surface area contributed by atoms with Gasteiger partial charge >= 0.3 is 13.9 Å². The molecule has 2 heterocycles. The average molecular weight is 461 g/mol. The summed E-state index contributed by atoms with van der Waals surface area (Å²) in [5.41, 5.74) is -0.600. The topological polar surface area (TPSA) is 129 Å². The Labute approximate surface area is 178 Å². The Balaban J connectivity index is 2.38. The van der Waals surface area contributed by atoms with Crippen LogP contribution in [0.25, 0.3) is 0 Å². The summed E-state index contributed by atoms with van der Waals surface area (Å²) in [4.78, 5) is 36.8. The van der Waals surface area contributed by atoms with E-state index in [-0.39, 0.29) is 29.3 Å². The molecule has 0 spiro atoms. The first-order chi connectivity index (χ1) is 13.7. The highest BCUT2D eigenvalue weighted by atomic mass is 31.1. The molecule has 0 radical (unpaired) electrons. The van der Waals surface area contributed by atoms with Crippen molar-refractivity contribution < 1.29 is 27.9 Å². The zero-order valence-electron chi connectivity index (χ0n) is 18.4. The van der Waals surface area contributed by atoms with Crippen molar-refractivity contribution in [2.45, 2.75) is 71.2 Å². The Morgan fingerprint density at radius 2 is 2.07 bits per heavy atom.